The summed E-state index contributed by atoms with van der Waals surface area (Å²) in [5, 5.41) is 10.6. The van der Waals surface area contributed by atoms with E-state index in [1.165, 1.54) is 9.75 Å². The van der Waals surface area contributed by atoms with Crippen LogP contribution >= 0.6 is 23.7 Å². The molecule has 23 heavy (non-hydrogen) atoms. The van der Waals surface area contributed by atoms with E-state index in [1.54, 1.807) is 11.3 Å². The quantitative estimate of drug-likeness (QED) is 0.887. The molecule has 0 saturated heterocycles. The Morgan fingerprint density at radius 1 is 1.43 bits per heavy atom. The minimum atomic E-state index is 0. The monoisotopic (exact) mass is 354 g/mol. The third-order valence-electron chi connectivity index (χ3n) is 4.02. The molecule has 0 unspecified atom stereocenters. The first-order chi connectivity index (χ1) is 10.6. The second kappa shape index (κ2) is 7.47. The van der Waals surface area contributed by atoms with E-state index in [9.17, 15) is 4.79 Å². The van der Waals surface area contributed by atoms with Crippen molar-refractivity contribution in [1.29, 1.82) is 0 Å². The van der Waals surface area contributed by atoms with Crippen LogP contribution in [0.5, 0.6) is 0 Å². The number of H-pyrrole nitrogens is 1. The minimum Gasteiger partial charge on any atom is -0.330 e. The van der Waals surface area contributed by atoms with Crippen molar-refractivity contribution in [3.8, 4) is 0 Å². The third-order valence-corrected chi connectivity index (χ3v) is 5.00. The molecule has 0 bridgehead atoms. The van der Waals surface area contributed by atoms with Gasteiger partial charge in [0.2, 0.25) is 0 Å². The Morgan fingerprint density at radius 3 is 2.87 bits per heavy atom. The number of hydrogen-bond acceptors (Lipinski definition) is 4. The van der Waals surface area contributed by atoms with E-state index in [-0.39, 0.29) is 24.4 Å². The fourth-order valence-corrected chi connectivity index (χ4v) is 3.65. The summed E-state index contributed by atoms with van der Waals surface area (Å²) in [6, 6.07) is 4.34. The maximum Gasteiger partial charge on any atom is 0.275 e. The number of nitrogens with zero attached hydrogens (tertiary/aromatic N) is 2. The molecule has 7 heteroatoms. The van der Waals surface area contributed by atoms with Crippen LogP contribution in [-0.4, -0.2) is 33.6 Å². The lowest BCUT2D eigenvalue weighted by molar-refractivity contribution is 0.0685. The fourth-order valence-electron chi connectivity index (χ4n) is 2.77. The highest BCUT2D eigenvalue weighted by atomic mass is 35.5. The van der Waals surface area contributed by atoms with Gasteiger partial charge in [0.25, 0.3) is 5.91 Å². The van der Waals surface area contributed by atoms with Gasteiger partial charge in [-0.25, -0.2) is 0 Å². The van der Waals surface area contributed by atoms with E-state index in [2.05, 4.69) is 48.4 Å². The first-order valence-corrected chi connectivity index (χ1v) is 8.51. The second-order valence-corrected chi connectivity index (χ2v) is 7.37. The fraction of sp³-hybridized carbons (Fsp3) is 0.500. The third kappa shape index (κ3) is 3.76. The summed E-state index contributed by atoms with van der Waals surface area (Å²) >= 11 is 1.74. The van der Waals surface area contributed by atoms with Gasteiger partial charge < -0.3 is 10.2 Å². The van der Waals surface area contributed by atoms with Gasteiger partial charge in [-0.1, -0.05) is 0 Å². The molecule has 3 heterocycles. The smallest absolute Gasteiger partial charge is 0.275 e. The summed E-state index contributed by atoms with van der Waals surface area (Å²) in [5.41, 5.74) is 2.70. The molecule has 0 fully saturated rings. The van der Waals surface area contributed by atoms with Crippen molar-refractivity contribution >= 4 is 29.7 Å². The molecule has 2 N–H and O–H groups in total. The predicted molar refractivity (Wildman–Crippen MR) is 95.3 cm³/mol. The Balaban J connectivity index is 0.00000192. The molecule has 5 nitrogen and oxygen atoms in total. The van der Waals surface area contributed by atoms with Crippen LogP contribution in [0.1, 0.15) is 45.3 Å². The molecule has 2 aromatic rings. The van der Waals surface area contributed by atoms with Crippen LogP contribution in [0.3, 0.4) is 0 Å². The van der Waals surface area contributed by atoms with Crippen molar-refractivity contribution in [3.63, 3.8) is 0 Å². The summed E-state index contributed by atoms with van der Waals surface area (Å²) in [6.07, 6.45) is 0.904. The van der Waals surface area contributed by atoms with Gasteiger partial charge >= 0.3 is 0 Å². The van der Waals surface area contributed by atoms with Gasteiger partial charge in [0.05, 0.1) is 6.54 Å². The zero-order valence-electron chi connectivity index (χ0n) is 13.7. The minimum absolute atomic E-state index is 0. The zero-order chi connectivity index (χ0) is 15.7. The Labute approximate surface area is 146 Å². The van der Waals surface area contributed by atoms with Crippen molar-refractivity contribution in [3.05, 3.63) is 38.8 Å². The molecule has 126 valence electrons. The number of aromatic nitrogens is 2. The average molecular weight is 355 g/mol. The van der Waals surface area contributed by atoms with E-state index in [1.807, 2.05) is 4.90 Å². The van der Waals surface area contributed by atoms with Crippen molar-refractivity contribution in [2.24, 2.45) is 0 Å². The number of amides is 1. The Hall–Kier alpha value is -1.37. The number of carbonyl (C=O) groups excluding carboxylic acids is 1. The highest BCUT2D eigenvalue weighted by molar-refractivity contribution is 7.11. The van der Waals surface area contributed by atoms with Crippen LogP contribution in [0.2, 0.25) is 0 Å². The molecule has 0 aromatic carbocycles. The van der Waals surface area contributed by atoms with E-state index in [0.717, 1.165) is 30.8 Å². The van der Waals surface area contributed by atoms with Crippen LogP contribution in [0.15, 0.2) is 12.1 Å². The van der Waals surface area contributed by atoms with Crippen LogP contribution in [0.4, 0.5) is 0 Å². The second-order valence-electron chi connectivity index (χ2n) is 6.00. The maximum atomic E-state index is 13.0. The molecule has 0 radical (unpaired) electrons. The summed E-state index contributed by atoms with van der Waals surface area (Å²) in [5.74, 6) is 0.0160. The molecule has 2 aromatic heterocycles. The predicted octanol–water partition coefficient (Wildman–Crippen LogP) is 2.90. The van der Waals surface area contributed by atoms with Gasteiger partial charge in [0, 0.05) is 46.6 Å². The van der Waals surface area contributed by atoms with Crippen molar-refractivity contribution < 1.29 is 4.79 Å². The summed E-state index contributed by atoms with van der Waals surface area (Å²) in [6.45, 7) is 8.49. The number of carbonyl (C=O) groups is 1. The number of rotatable bonds is 4. The van der Waals surface area contributed by atoms with Crippen molar-refractivity contribution in [1.82, 2.24) is 20.4 Å². The summed E-state index contributed by atoms with van der Waals surface area (Å²) in [4.78, 5) is 17.3. The Morgan fingerprint density at radius 2 is 2.22 bits per heavy atom. The highest BCUT2D eigenvalue weighted by Gasteiger charge is 2.27. The largest absolute Gasteiger partial charge is 0.330 e. The highest BCUT2D eigenvalue weighted by Crippen LogP contribution is 2.22. The number of thiophene rings is 1. The summed E-state index contributed by atoms with van der Waals surface area (Å²) < 4.78 is 0. The molecule has 0 spiro atoms. The van der Waals surface area contributed by atoms with Gasteiger partial charge in [-0.2, -0.15) is 5.10 Å². The maximum absolute atomic E-state index is 13.0. The lowest BCUT2D eigenvalue weighted by Crippen LogP contribution is -2.37. The van der Waals surface area contributed by atoms with Crippen LogP contribution < -0.4 is 5.32 Å². The van der Waals surface area contributed by atoms with Gasteiger partial charge in [0.15, 0.2) is 5.69 Å². The number of aryl methyl sites for hydroxylation is 1. The molecule has 1 amide bonds. The topological polar surface area (TPSA) is 61.0 Å². The van der Waals surface area contributed by atoms with Crippen molar-refractivity contribution in [2.75, 3.05) is 6.54 Å². The number of halogens is 1. The molecule has 0 saturated carbocycles. The molecular formula is C16H23ClN4OS. The first-order valence-electron chi connectivity index (χ1n) is 7.69. The van der Waals surface area contributed by atoms with Gasteiger partial charge in [-0.3, -0.25) is 9.89 Å². The molecule has 0 atom stereocenters. The standard InChI is InChI=1S/C16H22N4OS.ClH/c1-10(2)20(9-12-5-4-11(3)22-12)16(21)15-13-8-17-7-6-14(13)18-19-15;/h4-5,10,17H,6-9H2,1-3H3,(H,18,19);1H. The number of aromatic amines is 1. The van der Waals surface area contributed by atoms with Gasteiger partial charge in [0.1, 0.15) is 0 Å². The van der Waals surface area contributed by atoms with E-state index in [0.29, 0.717) is 12.2 Å². The molecule has 1 aliphatic rings. The SMILES string of the molecule is Cc1ccc(CN(C(=O)c2n[nH]c3c2CNCC3)C(C)C)s1.Cl. The van der Waals surface area contributed by atoms with Crippen LogP contribution in [0, 0.1) is 6.92 Å². The lowest BCUT2D eigenvalue weighted by atomic mass is 10.1. The number of nitrogens with one attached hydrogen (secondary N) is 2. The van der Waals surface area contributed by atoms with E-state index < -0.39 is 0 Å². The summed E-state index contributed by atoms with van der Waals surface area (Å²) in [7, 11) is 0. The van der Waals surface area contributed by atoms with E-state index in [4.69, 9.17) is 0 Å². The Bertz CT molecular complexity index is 679. The number of fused-ring (bicyclic) bond motifs is 1. The molecule has 0 aliphatic carbocycles. The molecular weight excluding hydrogens is 332 g/mol. The lowest BCUT2D eigenvalue weighted by Gasteiger charge is -2.26. The van der Waals surface area contributed by atoms with Crippen LogP contribution in [-0.2, 0) is 19.5 Å². The molecule has 1 aliphatic heterocycles. The van der Waals surface area contributed by atoms with E-state index >= 15 is 0 Å². The first kappa shape index (κ1) is 18.0. The van der Waals surface area contributed by atoms with Crippen LogP contribution in [0.25, 0.3) is 0 Å². The Kier molecular flexibility index (Phi) is 5.84. The molecule has 3 rings (SSSR count). The van der Waals surface area contributed by atoms with Gasteiger partial charge in [-0.15, -0.1) is 23.7 Å². The average Bonchev–Trinajstić information content (AvgIpc) is 3.10. The number of hydrogen-bond donors (Lipinski definition) is 2. The zero-order valence-corrected chi connectivity index (χ0v) is 15.3. The van der Waals surface area contributed by atoms with Crippen molar-refractivity contribution in [2.45, 2.75) is 46.3 Å². The normalized spacial score (nSPS) is 13.6. The van der Waals surface area contributed by atoms with Gasteiger partial charge in [-0.05, 0) is 32.9 Å².